The molecule has 1 heterocycles. The fourth-order valence-electron chi connectivity index (χ4n) is 2.45. The lowest BCUT2D eigenvalue weighted by atomic mass is 10.1. The molecule has 2 aromatic rings. The molecule has 138 valence electrons. The summed E-state index contributed by atoms with van der Waals surface area (Å²) in [5.74, 6) is -0.659. The molecule has 0 radical (unpaired) electrons. The molecule has 1 amide bonds. The number of carbonyl (C=O) groups excluding carboxylic acids is 2. The van der Waals surface area contributed by atoms with Crippen LogP contribution in [0.25, 0.3) is 6.08 Å². The molecule has 2 aromatic carbocycles. The number of aliphatic carboxylic acids is 1. The van der Waals surface area contributed by atoms with Crippen LogP contribution in [0.3, 0.4) is 0 Å². The number of rotatable bonds is 6. The summed E-state index contributed by atoms with van der Waals surface area (Å²) in [4.78, 5) is 34.6. The highest BCUT2D eigenvalue weighted by Crippen LogP contribution is 2.28. The highest BCUT2D eigenvalue weighted by atomic mass is 16.5. The first-order valence-corrected chi connectivity index (χ1v) is 8.21. The van der Waals surface area contributed by atoms with Crippen LogP contribution < -0.4 is 14.8 Å². The van der Waals surface area contributed by atoms with E-state index in [0.29, 0.717) is 28.3 Å². The smallest absolute Gasteiger partial charge is 0.344 e. The Bertz CT molecular complexity index is 934. The van der Waals surface area contributed by atoms with E-state index in [1.807, 2.05) is 0 Å². The molecule has 2 N–H and O–H groups in total. The maximum absolute atomic E-state index is 12.4. The topological polar surface area (TPSA) is 102 Å². The van der Waals surface area contributed by atoms with Crippen LogP contribution in [0.5, 0.6) is 11.5 Å². The number of nitrogens with one attached hydrogen (secondary N) is 1. The molecular formula is C20H17NO6. The Kier molecular flexibility index (Phi) is 5.21. The molecule has 0 saturated carbocycles. The van der Waals surface area contributed by atoms with Gasteiger partial charge in [0.15, 0.2) is 18.5 Å². The lowest BCUT2D eigenvalue weighted by molar-refractivity contribution is -0.144. The van der Waals surface area contributed by atoms with Crippen molar-refractivity contribution in [3.8, 4) is 11.5 Å². The normalized spacial score (nSPS) is 14.0. The van der Waals surface area contributed by atoms with E-state index in [-0.39, 0.29) is 18.3 Å². The minimum Gasteiger partial charge on any atom is -0.482 e. The molecule has 3 rings (SSSR count). The Morgan fingerprint density at radius 3 is 2.85 bits per heavy atom. The summed E-state index contributed by atoms with van der Waals surface area (Å²) in [6.07, 6.45) is 2.03. The molecule has 7 heteroatoms. The molecule has 1 aliphatic heterocycles. The van der Waals surface area contributed by atoms with Gasteiger partial charge in [-0.25, -0.2) is 4.79 Å². The van der Waals surface area contributed by atoms with Crippen LogP contribution in [0.2, 0.25) is 0 Å². The third-order valence-electron chi connectivity index (χ3n) is 3.84. The zero-order valence-corrected chi connectivity index (χ0v) is 14.5. The van der Waals surface area contributed by atoms with E-state index < -0.39 is 12.1 Å². The third-order valence-corrected chi connectivity index (χ3v) is 3.84. The van der Waals surface area contributed by atoms with Crippen molar-refractivity contribution >= 4 is 29.4 Å². The second-order valence-electron chi connectivity index (χ2n) is 5.92. The first-order valence-electron chi connectivity index (χ1n) is 8.21. The number of fused-ring (bicyclic) bond motifs is 1. The summed E-state index contributed by atoms with van der Waals surface area (Å²) in [7, 11) is 0. The molecule has 27 heavy (non-hydrogen) atoms. The zero-order valence-electron chi connectivity index (χ0n) is 14.5. The van der Waals surface area contributed by atoms with Crippen molar-refractivity contribution in [2.75, 3.05) is 11.9 Å². The van der Waals surface area contributed by atoms with Gasteiger partial charge < -0.3 is 19.9 Å². The second kappa shape index (κ2) is 7.74. The summed E-state index contributed by atoms with van der Waals surface area (Å²) < 4.78 is 10.6. The lowest BCUT2D eigenvalue weighted by Crippen LogP contribution is -2.25. The average Bonchev–Trinajstić information content (AvgIpc) is 2.65. The van der Waals surface area contributed by atoms with Crippen LogP contribution in [0.15, 0.2) is 48.5 Å². The molecule has 1 atom stereocenters. The monoisotopic (exact) mass is 367 g/mol. The van der Waals surface area contributed by atoms with E-state index in [1.165, 1.54) is 13.0 Å². The Hall–Kier alpha value is -3.61. The van der Waals surface area contributed by atoms with Gasteiger partial charge in [-0.15, -0.1) is 0 Å². The van der Waals surface area contributed by atoms with Crippen LogP contribution >= 0.6 is 0 Å². The van der Waals surface area contributed by atoms with Gasteiger partial charge in [0.25, 0.3) is 5.91 Å². The maximum Gasteiger partial charge on any atom is 0.344 e. The Morgan fingerprint density at radius 2 is 2.07 bits per heavy atom. The SMILES string of the molecule is C[C@@H](Oc1cccc(/C=C\C(=O)c2ccc3c(c2)NC(=O)CO3)c1)C(=O)O. The molecule has 0 aromatic heterocycles. The van der Waals surface area contributed by atoms with Gasteiger partial charge in [0.05, 0.1) is 5.69 Å². The average molecular weight is 367 g/mol. The predicted octanol–water partition coefficient (Wildman–Crippen LogP) is 2.77. The van der Waals surface area contributed by atoms with E-state index in [1.54, 1.807) is 48.5 Å². The van der Waals surface area contributed by atoms with Gasteiger partial charge in [-0.05, 0) is 48.9 Å². The largest absolute Gasteiger partial charge is 0.482 e. The van der Waals surface area contributed by atoms with Crippen LogP contribution in [0, 0.1) is 0 Å². The lowest BCUT2D eigenvalue weighted by Gasteiger charge is -2.17. The number of carboxylic acid groups (broad SMARTS) is 1. The van der Waals surface area contributed by atoms with Crippen molar-refractivity contribution in [3.05, 3.63) is 59.7 Å². The number of ketones is 1. The molecule has 1 aliphatic rings. The fourth-order valence-corrected chi connectivity index (χ4v) is 2.45. The van der Waals surface area contributed by atoms with Crippen molar-refractivity contribution in [1.29, 1.82) is 0 Å². The van der Waals surface area contributed by atoms with Crippen LogP contribution in [-0.2, 0) is 9.59 Å². The van der Waals surface area contributed by atoms with Crippen molar-refractivity contribution in [2.45, 2.75) is 13.0 Å². The number of carbonyl (C=O) groups is 3. The summed E-state index contributed by atoms with van der Waals surface area (Å²) in [6, 6.07) is 11.6. The zero-order chi connectivity index (χ0) is 19.4. The second-order valence-corrected chi connectivity index (χ2v) is 5.92. The number of carboxylic acids is 1. The van der Waals surface area contributed by atoms with Gasteiger partial charge in [0.2, 0.25) is 0 Å². The number of ether oxygens (including phenoxy) is 2. The van der Waals surface area contributed by atoms with Gasteiger partial charge in [-0.2, -0.15) is 0 Å². The standard InChI is InChI=1S/C20H17NO6/c1-12(20(24)25)27-15-4-2-3-13(9-15)5-7-17(22)14-6-8-18-16(10-14)21-19(23)11-26-18/h2-10,12H,11H2,1H3,(H,21,23)(H,24,25)/b7-5-/t12-/m1/s1. The number of benzene rings is 2. The number of amides is 1. The van der Waals surface area contributed by atoms with E-state index in [2.05, 4.69) is 5.32 Å². The van der Waals surface area contributed by atoms with Crippen molar-refractivity contribution in [1.82, 2.24) is 0 Å². The molecule has 0 aliphatic carbocycles. The van der Waals surface area contributed by atoms with Gasteiger partial charge in [0, 0.05) is 5.56 Å². The van der Waals surface area contributed by atoms with Crippen LogP contribution in [0.4, 0.5) is 5.69 Å². The van der Waals surface area contributed by atoms with E-state index in [0.717, 1.165) is 0 Å². The Balaban J connectivity index is 1.72. The van der Waals surface area contributed by atoms with Crippen LogP contribution in [-0.4, -0.2) is 35.5 Å². The van der Waals surface area contributed by atoms with Crippen molar-refractivity contribution in [3.63, 3.8) is 0 Å². The highest BCUT2D eigenvalue weighted by molar-refractivity contribution is 6.08. The number of anilines is 1. The maximum atomic E-state index is 12.4. The minimum absolute atomic E-state index is 0.0426. The molecule has 0 fully saturated rings. The summed E-state index contributed by atoms with van der Waals surface area (Å²) in [5.41, 5.74) is 1.55. The molecule has 0 saturated heterocycles. The molecular weight excluding hydrogens is 350 g/mol. The van der Waals surface area contributed by atoms with E-state index in [9.17, 15) is 14.4 Å². The van der Waals surface area contributed by atoms with Gasteiger partial charge in [-0.3, -0.25) is 9.59 Å². The molecule has 0 bridgehead atoms. The third kappa shape index (κ3) is 4.52. The van der Waals surface area contributed by atoms with E-state index >= 15 is 0 Å². The highest BCUT2D eigenvalue weighted by Gasteiger charge is 2.17. The number of hydrogen-bond acceptors (Lipinski definition) is 5. The molecule has 0 spiro atoms. The van der Waals surface area contributed by atoms with Gasteiger partial charge >= 0.3 is 5.97 Å². The minimum atomic E-state index is -1.06. The number of hydrogen-bond donors (Lipinski definition) is 2. The van der Waals surface area contributed by atoms with Gasteiger partial charge in [-0.1, -0.05) is 18.2 Å². The Morgan fingerprint density at radius 1 is 1.26 bits per heavy atom. The summed E-state index contributed by atoms with van der Waals surface area (Å²) in [6.45, 7) is 1.39. The summed E-state index contributed by atoms with van der Waals surface area (Å²) >= 11 is 0. The number of allylic oxidation sites excluding steroid dienone is 1. The van der Waals surface area contributed by atoms with Gasteiger partial charge in [0.1, 0.15) is 11.5 Å². The van der Waals surface area contributed by atoms with Crippen LogP contribution in [0.1, 0.15) is 22.8 Å². The predicted molar refractivity (Wildman–Crippen MR) is 98.1 cm³/mol. The fraction of sp³-hybridized carbons (Fsp3) is 0.150. The first-order chi connectivity index (χ1) is 12.9. The van der Waals surface area contributed by atoms with Crippen molar-refractivity contribution < 1.29 is 29.0 Å². The Labute approximate surface area is 155 Å². The quantitative estimate of drug-likeness (QED) is 0.601. The summed E-state index contributed by atoms with van der Waals surface area (Å²) in [5, 5.41) is 11.6. The molecule has 7 nitrogen and oxygen atoms in total. The van der Waals surface area contributed by atoms with E-state index in [4.69, 9.17) is 14.6 Å². The first kappa shape index (κ1) is 18.2. The van der Waals surface area contributed by atoms with Crippen molar-refractivity contribution in [2.24, 2.45) is 0 Å². The molecule has 0 unspecified atom stereocenters.